The number of nitrogens with one attached hydrogen (secondary N) is 1. The summed E-state index contributed by atoms with van der Waals surface area (Å²) in [6.07, 6.45) is 0. The maximum atomic E-state index is 12.2. The molecule has 0 saturated carbocycles. The Kier molecular flexibility index (Phi) is 7.38. The number of benzene rings is 2. The molecule has 0 bridgehead atoms. The van der Waals surface area contributed by atoms with Gasteiger partial charge in [0.2, 0.25) is 0 Å². The lowest BCUT2D eigenvalue weighted by atomic mass is 10.0. The molecule has 0 aliphatic carbocycles. The Balaban J connectivity index is 1.63. The van der Waals surface area contributed by atoms with Gasteiger partial charge in [-0.2, -0.15) is 5.10 Å². The summed E-state index contributed by atoms with van der Waals surface area (Å²) >= 11 is 0. The number of ether oxygens (including phenoxy) is 2. The van der Waals surface area contributed by atoms with Crippen molar-refractivity contribution in [2.24, 2.45) is 5.10 Å². The lowest BCUT2D eigenvalue weighted by molar-refractivity contribution is -0.123. The summed E-state index contributed by atoms with van der Waals surface area (Å²) in [5.41, 5.74) is 6.94. The molecule has 0 unspecified atom stereocenters. The largest absolute Gasteiger partial charge is 0.484 e. The van der Waals surface area contributed by atoms with Gasteiger partial charge in [-0.1, -0.05) is 36.4 Å². The van der Waals surface area contributed by atoms with Gasteiger partial charge in [-0.25, -0.2) is 5.43 Å². The average Bonchev–Trinajstić information content (AvgIpc) is 2.75. The van der Waals surface area contributed by atoms with E-state index in [1.54, 1.807) is 0 Å². The smallest absolute Gasteiger partial charge is 0.277 e. The van der Waals surface area contributed by atoms with Gasteiger partial charge in [0.1, 0.15) is 5.75 Å². The molecular weight excluding hydrogens is 366 g/mol. The number of hydrogen-bond donors (Lipinski definition) is 1. The first-order chi connectivity index (χ1) is 14.0. The van der Waals surface area contributed by atoms with Gasteiger partial charge in [0.15, 0.2) is 6.61 Å². The zero-order valence-corrected chi connectivity index (χ0v) is 17.4. The number of morpholine rings is 1. The third-order valence-electron chi connectivity index (χ3n) is 5.13. The highest BCUT2D eigenvalue weighted by atomic mass is 16.5. The highest BCUT2D eigenvalue weighted by Crippen LogP contribution is 2.23. The predicted molar refractivity (Wildman–Crippen MR) is 114 cm³/mol. The van der Waals surface area contributed by atoms with Crippen molar-refractivity contribution in [3.8, 4) is 5.75 Å². The number of carbonyl (C=O) groups excluding carboxylic acids is 1. The summed E-state index contributed by atoms with van der Waals surface area (Å²) in [6.45, 7) is 8.99. The molecule has 1 heterocycles. The van der Waals surface area contributed by atoms with Crippen LogP contribution in [-0.4, -0.2) is 49.4 Å². The fraction of sp³-hybridized carbons (Fsp3) is 0.391. The van der Waals surface area contributed by atoms with Gasteiger partial charge < -0.3 is 9.47 Å². The number of aryl methyl sites for hydroxylation is 2. The van der Waals surface area contributed by atoms with Crippen LogP contribution in [-0.2, 0) is 9.53 Å². The van der Waals surface area contributed by atoms with E-state index in [4.69, 9.17) is 9.47 Å². The molecular formula is C23H29N3O3. The van der Waals surface area contributed by atoms with Crippen LogP contribution in [0.15, 0.2) is 53.6 Å². The average molecular weight is 396 g/mol. The van der Waals surface area contributed by atoms with Crippen LogP contribution in [0.4, 0.5) is 0 Å². The van der Waals surface area contributed by atoms with E-state index in [1.165, 1.54) is 5.56 Å². The molecule has 1 N–H and O–H groups in total. The number of amides is 1. The first kappa shape index (κ1) is 21.0. The molecule has 0 aromatic heterocycles. The van der Waals surface area contributed by atoms with Gasteiger partial charge >= 0.3 is 0 Å². The van der Waals surface area contributed by atoms with Crippen LogP contribution in [0.3, 0.4) is 0 Å². The third-order valence-corrected chi connectivity index (χ3v) is 5.13. The summed E-state index contributed by atoms with van der Waals surface area (Å²) in [7, 11) is 0. The van der Waals surface area contributed by atoms with E-state index in [0.29, 0.717) is 19.0 Å². The second-order valence-electron chi connectivity index (χ2n) is 7.28. The summed E-state index contributed by atoms with van der Waals surface area (Å²) in [5, 5.41) is 4.37. The monoisotopic (exact) mass is 395 g/mol. The van der Waals surface area contributed by atoms with Gasteiger partial charge in [-0.3, -0.25) is 9.69 Å². The van der Waals surface area contributed by atoms with Crippen molar-refractivity contribution in [3.05, 3.63) is 65.2 Å². The summed E-state index contributed by atoms with van der Waals surface area (Å²) in [6, 6.07) is 16.0. The Bertz CT molecular complexity index is 846. The lowest BCUT2D eigenvalue weighted by Gasteiger charge is -2.34. The number of rotatable bonds is 7. The molecule has 2 aromatic rings. The van der Waals surface area contributed by atoms with Gasteiger partial charge in [-0.05, 0) is 49.6 Å². The molecule has 0 spiro atoms. The van der Waals surface area contributed by atoms with Crippen molar-refractivity contribution in [2.75, 3.05) is 32.9 Å². The first-order valence-electron chi connectivity index (χ1n) is 9.94. The van der Waals surface area contributed by atoms with Crippen molar-refractivity contribution in [1.82, 2.24) is 10.3 Å². The quantitative estimate of drug-likeness (QED) is 0.577. The fourth-order valence-electron chi connectivity index (χ4n) is 3.38. The minimum Gasteiger partial charge on any atom is -0.484 e. The Morgan fingerprint density at radius 2 is 1.86 bits per heavy atom. The van der Waals surface area contributed by atoms with E-state index < -0.39 is 0 Å². The van der Waals surface area contributed by atoms with E-state index in [-0.39, 0.29) is 18.6 Å². The minimum absolute atomic E-state index is 0.000988. The van der Waals surface area contributed by atoms with Gasteiger partial charge in [0, 0.05) is 13.1 Å². The number of hydrogen-bond acceptors (Lipinski definition) is 5. The Labute approximate surface area is 172 Å². The topological polar surface area (TPSA) is 63.2 Å². The summed E-state index contributed by atoms with van der Waals surface area (Å²) in [5.74, 6) is 0.399. The molecule has 29 heavy (non-hydrogen) atoms. The lowest BCUT2D eigenvalue weighted by Crippen LogP contribution is -2.42. The number of hydrazone groups is 1. The fourth-order valence-corrected chi connectivity index (χ4v) is 3.38. The SMILES string of the molecule is C/C(=N/NC(=O)COc1ccc(C)c(C)c1)[C@H](c1ccccc1)N1CCOCC1. The molecule has 1 aliphatic heterocycles. The molecule has 3 rings (SSSR count). The zero-order valence-electron chi connectivity index (χ0n) is 17.4. The maximum absolute atomic E-state index is 12.2. The third kappa shape index (κ3) is 5.89. The summed E-state index contributed by atoms with van der Waals surface area (Å²) < 4.78 is 11.1. The van der Waals surface area contributed by atoms with Gasteiger partial charge in [0.25, 0.3) is 5.91 Å². The molecule has 6 heteroatoms. The van der Waals surface area contributed by atoms with E-state index in [9.17, 15) is 4.79 Å². The Morgan fingerprint density at radius 1 is 1.14 bits per heavy atom. The highest BCUT2D eigenvalue weighted by Gasteiger charge is 2.25. The van der Waals surface area contributed by atoms with Crippen LogP contribution in [0.1, 0.15) is 29.7 Å². The maximum Gasteiger partial charge on any atom is 0.277 e. The minimum atomic E-state index is -0.281. The molecule has 1 amide bonds. The second kappa shape index (κ2) is 10.2. The highest BCUT2D eigenvalue weighted by molar-refractivity contribution is 5.90. The van der Waals surface area contributed by atoms with Crippen molar-refractivity contribution in [1.29, 1.82) is 0 Å². The molecule has 1 fully saturated rings. The van der Waals surface area contributed by atoms with Crippen molar-refractivity contribution >= 4 is 11.6 Å². The molecule has 2 aromatic carbocycles. The van der Waals surface area contributed by atoms with Crippen LogP contribution in [0.5, 0.6) is 5.75 Å². The van der Waals surface area contributed by atoms with Crippen molar-refractivity contribution in [3.63, 3.8) is 0 Å². The molecule has 1 aliphatic rings. The zero-order chi connectivity index (χ0) is 20.6. The molecule has 154 valence electrons. The van der Waals surface area contributed by atoms with Crippen molar-refractivity contribution in [2.45, 2.75) is 26.8 Å². The number of carbonyl (C=O) groups is 1. The van der Waals surface area contributed by atoms with E-state index in [0.717, 1.165) is 29.9 Å². The first-order valence-corrected chi connectivity index (χ1v) is 9.94. The van der Waals surface area contributed by atoms with Gasteiger partial charge in [-0.15, -0.1) is 0 Å². The van der Waals surface area contributed by atoms with Crippen molar-refractivity contribution < 1.29 is 14.3 Å². The molecule has 6 nitrogen and oxygen atoms in total. The van der Waals surface area contributed by atoms with Crippen LogP contribution in [0.2, 0.25) is 0 Å². The standard InChI is InChI=1S/C23H29N3O3/c1-17-9-10-21(15-18(17)2)29-16-22(27)25-24-19(3)23(20-7-5-4-6-8-20)26-11-13-28-14-12-26/h4-10,15,23H,11-14,16H2,1-3H3,(H,25,27)/b24-19-/t23-/m1/s1. The predicted octanol–water partition coefficient (Wildman–Crippen LogP) is 3.25. The molecule has 0 radical (unpaired) electrons. The van der Waals surface area contributed by atoms with Gasteiger partial charge in [0.05, 0.1) is 25.0 Å². The summed E-state index contributed by atoms with van der Waals surface area (Å²) in [4.78, 5) is 14.6. The van der Waals surface area contributed by atoms with Crippen LogP contribution >= 0.6 is 0 Å². The number of nitrogens with zero attached hydrogens (tertiary/aromatic N) is 2. The van der Waals surface area contributed by atoms with Crippen LogP contribution < -0.4 is 10.2 Å². The van der Waals surface area contributed by atoms with Crippen LogP contribution in [0.25, 0.3) is 0 Å². The normalized spacial score (nSPS) is 16.3. The van der Waals surface area contributed by atoms with E-state index in [1.807, 2.05) is 57.2 Å². The Hall–Kier alpha value is -2.70. The second-order valence-corrected chi connectivity index (χ2v) is 7.28. The Morgan fingerprint density at radius 3 is 2.55 bits per heavy atom. The van der Waals surface area contributed by atoms with E-state index >= 15 is 0 Å². The molecule has 1 saturated heterocycles. The molecule has 1 atom stereocenters. The van der Waals surface area contributed by atoms with E-state index in [2.05, 4.69) is 27.6 Å². The van der Waals surface area contributed by atoms with Crippen LogP contribution in [0, 0.1) is 13.8 Å².